The Morgan fingerprint density at radius 1 is 1.67 bits per heavy atom. The van der Waals surface area contributed by atoms with Crippen molar-refractivity contribution < 1.29 is 5.11 Å². The van der Waals surface area contributed by atoms with Gasteiger partial charge in [0.25, 0.3) is 0 Å². The zero-order valence-electron chi connectivity index (χ0n) is 6.22. The molecule has 1 radical (unpaired) electrons. The van der Waals surface area contributed by atoms with Crippen LogP contribution >= 0.6 is 0 Å². The van der Waals surface area contributed by atoms with Crippen molar-refractivity contribution in [3.8, 4) is 0 Å². The van der Waals surface area contributed by atoms with Gasteiger partial charge in [0.1, 0.15) is 0 Å². The second-order valence-corrected chi connectivity index (χ2v) is 3.21. The van der Waals surface area contributed by atoms with Crippen LogP contribution in [-0.2, 0) is 0 Å². The number of aliphatic hydroxyl groups is 1. The Labute approximate surface area is 57.1 Å². The largest absolute Gasteiger partial charge is 0.390 e. The Morgan fingerprint density at radius 2 is 2.22 bits per heavy atom. The molecule has 0 heterocycles. The first-order valence-electron chi connectivity index (χ1n) is 3.72. The molecule has 0 spiro atoms. The van der Waals surface area contributed by atoms with Crippen molar-refractivity contribution in [1.29, 1.82) is 0 Å². The molecule has 1 atom stereocenters. The molecule has 9 heavy (non-hydrogen) atoms. The van der Waals surface area contributed by atoms with E-state index in [1.54, 1.807) is 0 Å². The van der Waals surface area contributed by atoms with E-state index in [0.29, 0.717) is 0 Å². The van der Waals surface area contributed by atoms with Gasteiger partial charge in [-0.3, -0.25) is 0 Å². The Bertz CT molecular complexity index is 92.7. The maximum absolute atomic E-state index is 9.48. The van der Waals surface area contributed by atoms with Gasteiger partial charge in [-0.15, -0.1) is 0 Å². The van der Waals surface area contributed by atoms with E-state index in [4.69, 9.17) is 0 Å². The molecular weight excluding hydrogens is 112 g/mol. The number of hydrogen-bond donors (Lipinski definition) is 1. The third kappa shape index (κ3) is 2.35. The molecule has 0 bridgehead atoms. The SMILES string of the molecule is CC[C@@](C)(O)[CH]C1CC1. The molecule has 0 aliphatic heterocycles. The summed E-state index contributed by atoms with van der Waals surface area (Å²) in [6, 6.07) is 0. The van der Waals surface area contributed by atoms with Crippen LogP contribution < -0.4 is 0 Å². The fraction of sp³-hybridized carbons (Fsp3) is 0.875. The summed E-state index contributed by atoms with van der Waals surface area (Å²) in [5, 5.41) is 9.48. The third-order valence-corrected chi connectivity index (χ3v) is 1.93. The highest BCUT2D eigenvalue weighted by molar-refractivity contribution is 4.98. The van der Waals surface area contributed by atoms with Crippen LogP contribution in [0.5, 0.6) is 0 Å². The first kappa shape index (κ1) is 7.07. The molecule has 1 saturated carbocycles. The maximum atomic E-state index is 9.48. The Balaban J connectivity index is 2.21. The minimum absolute atomic E-state index is 0.499. The topological polar surface area (TPSA) is 20.2 Å². The smallest absolute Gasteiger partial charge is 0.0651 e. The summed E-state index contributed by atoms with van der Waals surface area (Å²) in [6.45, 7) is 3.89. The molecule has 0 aromatic carbocycles. The Morgan fingerprint density at radius 3 is 2.56 bits per heavy atom. The predicted molar refractivity (Wildman–Crippen MR) is 37.9 cm³/mol. The summed E-state index contributed by atoms with van der Waals surface area (Å²) >= 11 is 0. The van der Waals surface area contributed by atoms with Crippen LogP contribution in [0.1, 0.15) is 33.1 Å². The first-order valence-corrected chi connectivity index (χ1v) is 3.72. The Kier molecular flexibility index (Phi) is 1.80. The highest BCUT2D eigenvalue weighted by Crippen LogP contribution is 2.36. The van der Waals surface area contributed by atoms with Gasteiger partial charge in [-0.05, 0) is 38.5 Å². The van der Waals surface area contributed by atoms with Gasteiger partial charge in [0.05, 0.1) is 5.60 Å². The van der Waals surface area contributed by atoms with E-state index in [0.717, 1.165) is 12.3 Å². The number of rotatable bonds is 3. The summed E-state index contributed by atoms with van der Waals surface area (Å²) < 4.78 is 0. The van der Waals surface area contributed by atoms with Gasteiger partial charge in [0.2, 0.25) is 0 Å². The van der Waals surface area contributed by atoms with Crippen LogP contribution in [0.3, 0.4) is 0 Å². The van der Waals surface area contributed by atoms with Crippen molar-refractivity contribution >= 4 is 0 Å². The van der Waals surface area contributed by atoms with E-state index >= 15 is 0 Å². The van der Waals surface area contributed by atoms with Crippen molar-refractivity contribution in [1.82, 2.24) is 0 Å². The summed E-state index contributed by atoms with van der Waals surface area (Å²) in [4.78, 5) is 0. The Hall–Kier alpha value is -0.0400. The lowest BCUT2D eigenvalue weighted by Gasteiger charge is -2.19. The van der Waals surface area contributed by atoms with Crippen LogP contribution in [0.4, 0.5) is 0 Å². The van der Waals surface area contributed by atoms with Crippen molar-refractivity contribution in [3.05, 3.63) is 6.42 Å². The van der Waals surface area contributed by atoms with Gasteiger partial charge in [-0.1, -0.05) is 6.92 Å². The van der Waals surface area contributed by atoms with Gasteiger partial charge in [0, 0.05) is 0 Å². The quantitative estimate of drug-likeness (QED) is 0.612. The minimum Gasteiger partial charge on any atom is -0.390 e. The molecule has 0 aromatic heterocycles. The zero-order chi connectivity index (χ0) is 6.91. The van der Waals surface area contributed by atoms with Gasteiger partial charge in [0.15, 0.2) is 0 Å². The van der Waals surface area contributed by atoms with Crippen molar-refractivity contribution in [3.63, 3.8) is 0 Å². The molecule has 0 aromatic rings. The molecule has 1 aliphatic rings. The minimum atomic E-state index is -0.499. The van der Waals surface area contributed by atoms with Crippen molar-refractivity contribution in [2.45, 2.75) is 38.7 Å². The van der Waals surface area contributed by atoms with Crippen molar-refractivity contribution in [2.24, 2.45) is 5.92 Å². The third-order valence-electron chi connectivity index (χ3n) is 1.93. The molecule has 0 unspecified atom stereocenters. The van der Waals surface area contributed by atoms with E-state index < -0.39 is 5.60 Å². The van der Waals surface area contributed by atoms with E-state index in [1.165, 1.54) is 12.8 Å². The normalized spacial score (nSPS) is 25.7. The van der Waals surface area contributed by atoms with E-state index in [9.17, 15) is 5.11 Å². The fourth-order valence-corrected chi connectivity index (χ4v) is 0.889. The molecule has 53 valence electrons. The molecule has 1 heteroatoms. The lowest BCUT2D eigenvalue weighted by Crippen LogP contribution is -2.23. The molecule has 1 aliphatic carbocycles. The van der Waals surface area contributed by atoms with Crippen LogP contribution in [-0.4, -0.2) is 10.7 Å². The van der Waals surface area contributed by atoms with Gasteiger partial charge in [-0.25, -0.2) is 0 Å². The van der Waals surface area contributed by atoms with E-state index in [-0.39, 0.29) is 0 Å². The second-order valence-electron chi connectivity index (χ2n) is 3.21. The first-order chi connectivity index (χ1) is 4.14. The predicted octanol–water partition coefficient (Wildman–Crippen LogP) is 1.76. The highest BCUT2D eigenvalue weighted by atomic mass is 16.3. The number of hydrogen-bond acceptors (Lipinski definition) is 1. The molecule has 0 amide bonds. The van der Waals surface area contributed by atoms with E-state index in [2.05, 4.69) is 6.42 Å². The van der Waals surface area contributed by atoms with Gasteiger partial charge in [-0.2, -0.15) is 0 Å². The van der Waals surface area contributed by atoms with Crippen LogP contribution in [0.2, 0.25) is 0 Å². The maximum Gasteiger partial charge on any atom is 0.0651 e. The zero-order valence-corrected chi connectivity index (χ0v) is 6.22. The van der Waals surface area contributed by atoms with Crippen molar-refractivity contribution in [2.75, 3.05) is 0 Å². The molecule has 1 fully saturated rings. The molecule has 0 saturated heterocycles. The highest BCUT2D eigenvalue weighted by Gasteiger charge is 2.30. The molecule has 1 N–H and O–H groups in total. The lowest BCUT2D eigenvalue weighted by atomic mass is 9.96. The van der Waals surface area contributed by atoms with Crippen LogP contribution in [0.15, 0.2) is 0 Å². The van der Waals surface area contributed by atoms with E-state index in [1.807, 2.05) is 13.8 Å². The molecule has 1 rings (SSSR count). The monoisotopic (exact) mass is 127 g/mol. The van der Waals surface area contributed by atoms with Crippen LogP contribution in [0, 0.1) is 12.3 Å². The average Bonchev–Trinajstić information content (AvgIpc) is 2.50. The fourth-order valence-electron chi connectivity index (χ4n) is 0.889. The van der Waals surface area contributed by atoms with Crippen LogP contribution in [0.25, 0.3) is 0 Å². The second kappa shape index (κ2) is 2.30. The summed E-state index contributed by atoms with van der Waals surface area (Å²) in [5.74, 6) is 0.722. The van der Waals surface area contributed by atoms with Gasteiger partial charge >= 0.3 is 0 Å². The molecular formula is C8H15O. The summed E-state index contributed by atoms with van der Waals surface area (Å²) in [7, 11) is 0. The molecule has 1 nitrogen and oxygen atoms in total. The summed E-state index contributed by atoms with van der Waals surface area (Å²) in [5.41, 5.74) is -0.499. The van der Waals surface area contributed by atoms with Gasteiger partial charge < -0.3 is 5.11 Å². The standard InChI is InChI=1S/C8H15O/c1-3-8(2,9)6-7-4-5-7/h6-7,9H,3-5H2,1-2H3/t8-/m1/s1. The summed E-state index contributed by atoms with van der Waals surface area (Å²) in [6.07, 6.45) is 5.49. The lowest BCUT2D eigenvalue weighted by molar-refractivity contribution is 0.0844. The average molecular weight is 127 g/mol.